The van der Waals surface area contributed by atoms with Crippen LogP contribution >= 0.6 is 0 Å². The van der Waals surface area contributed by atoms with Crippen molar-refractivity contribution in [2.45, 2.75) is 84.1 Å². The number of hydrogen-bond donors (Lipinski definition) is 1. The van der Waals surface area contributed by atoms with Crippen molar-refractivity contribution in [1.82, 2.24) is 0 Å². The van der Waals surface area contributed by atoms with Gasteiger partial charge in [-0.3, -0.25) is 4.31 Å². The molecule has 1 aliphatic carbocycles. The van der Waals surface area contributed by atoms with Crippen molar-refractivity contribution in [2.24, 2.45) is 17.8 Å². The molecule has 0 aromatic heterocycles. The number of hydrogen-bond acceptors (Lipinski definition) is 4. The third-order valence-corrected chi connectivity index (χ3v) is 8.92. The summed E-state index contributed by atoms with van der Waals surface area (Å²) in [6.45, 7) is 9.06. The lowest BCUT2D eigenvalue weighted by Gasteiger charge is -2.31. The molecular formula is C29H43NO4S. The van der Waals surface area contributed by atoms with Gasteiger partial charge >= 0.3 is 0 Å². The van der Waals surface area contributed by atoms with Crippen LogP contribution in [0.25, 0.3) is 0 Å². The van der Waals surface area contributed by atoms with Crippen molar-refractivity contribution in [1.29, 1.82) is 0 Å². The molecule has 2 unspecified atom stereocenters. The molecule has 3 rings (SSSR count). The van der Waals surface area contributed by atoms with E-state index in [1.54, 1.807) is 18.2 Å². The van der Waals surface area contributed by atoms with Gasteiger partial charge in [0.15, 0.2) is 0 Å². The Labute approximate surface area is 212 Å². The smallest absolute Gasteiger partial charge is 0.264 e. The fourth-order valence-corrected chi connectivity index (χ4v) is 6.81. The van der Waals surface area contributed by atoms with Gasteiger partial charge in [0.05, 0.1) is 23.8 Å². The number of anilines is 1. The molecule has 0 heterocycles. The van der Waals surface area contributed by atoms with Crippen molar-refractivity contribution in [3.63, 3.8) is 0 Å². The molecule has 0 radical (unpaired) electrons. The topological polar surface area (TPSA) is 66.8 Å². The van der Waals surface area contributed by atoms with E-state index in [9.17, 15) is 13.5 Å². The monoisotopic (exact) mass is 501 g/mol. The van der Waals surface area contributed by atoms with E-state index in [0.29, 0.717) is 42.0 Å². The largest absolute Gasteiger partial charge is 0.493 e. The lowest BCUT2D eigenvalue weighted by atomic mass is 9.77. The number of benzene rings is 2. The van der Waals surface area contributed by atoms with Gasteiger partial charge < -0.3 is 9.84 Å². The first kappa shape index (κ1) is 27.5. The van der Waals surface area contributed by atoms with E-state index in [4.69, 9.17) is 4.74 Å². The van der Waals surface area contributed by atoms with Crippen LogP contribution in [-0.4, -0.2) is 26.7 Å². The first-order chi connectivity index (χ1) is 16.8. The fraction of sp³-hybridized carbons (Fsp3) is 0.586. The van der Waals surface area contributed by atoms with E-state index < -0.39 is 10.0 Å². The van der Waals surface area contributed by atoms with Crippen molar-refractivity contribution in [2.75, 3.05) is 17.5 Å². The Kier molecular flexibility index (Phi) is 10.0. The first-order valence-corrected chi connectivity index (χ1v) is 14.7. The number of aryl methyl sites for hydroxylation is 1. The highest BCUT2D eigenvalue weighted by atomic mass is 32.2. The predicted octanol–water partition coefficient (Wildman–Crippen LogP) is 6.58. The standard InChI is InChI=1S/C29H43NO4S/c1-5-9-24-10-7-8-11-25(24)21-34-29-17-16-28(18-26(29)20-31)35(32,33)30(19-22(3)4)27-14-12-23(6-2)13-15-27/h12-18,22,24-25,31H,5-11,19-21H2,1-4H3. The summed E-state index contributed by atoms with van der Waals surface area (Å²) in [6, 6.07) is 12.6. The molecular weight excluding hydrogens is 458 g/mol. The Bertz CT molecular complexity index is 1030. The summed E-state index contributed by atoms with van der Waals surface area (Å²) in [7, 11) is -3.80. The van der Waals surface area contributed by atoms with Crippen molar-refractivity contribution in [3.05, 3.63) is 53.6 Å². The minimum Gasteiger partial charge on any atom is -0.493 e. The molecule has 2 atom stereocenters. The van der Waals surface area contributed by atoms with Crippen LogP contribution in [0.5, 0.6) is 5.75 Å². The SMILES string of the molecule is CCCC1CCCCC1COc1ccc(S(=O)(=O)N(CC(C)C)c2ccc(CC)cc2)cc1CO. The van der Waals surface area contributed by atoms with Gasteiger partial charge in [-0.1, -0.05) is 71.9 Å². The van der Waals surface area contributed by atoms with Gasteiger partial charge in [0.25, 0.3) is 10.0 Å². The van der Waals surface area contributed by atoms with Gasteiger partial charge in [-0.05, 0) is 66.5 Å². The Morgan fingerprint density at radius 1 is 1.03 bits per heavy atom. The summed E-state index contributed by atoms with van der Waals surface area (Å²) < 4.78 is 35.1. The molecule has 194 valence electrons. The Morgan fingerprint density at radius 2 is 1.71 bits per heavy atom. The van der Waals surface area contributed by atoms with Gasteiger partial charge in [-0.2, -0.15) is 0 Å². The highest BCUT2D eigenvalue weighted by molar-refractivity contribution is 7.92. The molecule has 0 saturated heterocycles. The van der Waals surface area contributed by atoms with Gasteiger partial charge in [-0.25, -0.2) is 8.42 Å². The maximum Gasteiger partial charge on any atom is 0.264 e. The molecule has 5 nitrogen and oxygen atoms in total. The van der Waals surface area contributed by atoms with Gasteiger partial charge in [0.2, 0.25) is 0 Å². The van der Waals surface area contributed by atoms with Crippen LogP contribution in [0.4, 0.5) is 5.69 Å². The summed E-state index contributed by atoms with van der Waals surface area (Å²) in [5.41, 5.74) is 2.33. The minimum absolute atomic E-state index is 0.155. The average molecular weight is 502 g/mol. The number of rotatable bonds is 12. The molecule has 35 heavy (non-hydrogen) atoms. The van der Waals surface area contributed by atoms with Gasteiger partial charge in [0, 0.05) is 12.1 Å². The highest BCUT2D eigenvalue weighted by Gasteiger charge is 2.28. The van der Waals surface area contributed by atoms with Crippen molar-refractivity contribution in [3.8, 4) is 5.75 Å². The number of aliphatic hydroxyl groups is 1. The third kappa shape index (κ3) is 7.01. The molecule has 1 aliphatic rings. The Balaban J connectivity index is 1.84. The molecule has 6 heteroatoms. The lowest BCUT2D eigenvalue weighted by molar-refractivity contribution is 0.139. The summed E-state index contributed by atoms with van der Waals surface area (Å²) in [5.74, 6) is 1.94. The van der Waals surface area contributed by atoms with Crippen LogP contribution in [-0.2, 0) is 23.1 Å². The van der Waals surface area contributed by atoms with Gasteiger partial charge in [-0.15, -0.1) is 0 Å². The second-order valence-electron chi connectivity index (χ2n) is 10.3. The lowest BCUT2D eigenvalue weighted by Crippen LogP contribution is -2.34. The fourth-order valence-electron chi connectivity index (χ4n) is 5.13. The maximum absolute atomic E-state index is 13.7. The van der Waals surface area contributed by atoms with Crippen LogP contribution in [0.1, 0.15) is 77.3 Å². The van der Waals surface area contributed by atoms with E-state index in [0.717, 1.165) is 6.42 Å². The Morgan fingerprint density at radius 3 is 2.31 bits per heavy atom. The summed E-state index contributed by atoms with van der Waals surface area (Å²) in [6.07, 6.45) is 8.28. The molecule has 0 aliphatic heterocycles. The number of nitrogens with zero attached hydrogens (tertiary/aromatic N) is 1. The quantitative estimate of drug-likeness (QED) is 0.357. The molecule has 1 N–H and O–H groups in total. The second-order valence-corrected chi connectivity index (χ2v) is 12.1. The zero-order chi connectivity index (χ0) is 25.4. The second kappa shape index (κ2) is 12.8. The van der Waals surface area contributed by atoms with Crippen molar-refractivity contribution < 1.29 is 18.3 Å². The summed E-state index contributed by atoms with van der Waals surface area (Å²) >= 11 is 0. The average Bonchev–Trinajstić information content (AvgIpc) is 2.86. The molecule has 2 aromatic rings. The maximum atomic E-state index is 13.7. The zero-order valence-electron chi connectivity index (χ0n) is 21.9. The first-order valence-electron chi connectivity index (χ1n) is 13.3. The molecule has 2 aromatic carbocycles. The summed E-state index contributed by atoms with van der Waals surface area (Å²) in [5, 5.41) is 10.1. The zero-order valence-corrected chi connectivity index (χ0v) is 22.7. The normalized spacial score (nSPS) is 18.6. The molecule has 0 spiro atoms. The van der Waals surface area contributed by atoms with E-state index in [1.807, 2.05) is 38.1 Å². The molecule has 0 bridgehead atoms. The molecule has 0 amide bonds. The number of aliphatic hydroxyl groups excluding tert-OH is 1. The van der Waals surface area contributed by atoms with Crippen LogP contribution < -0.4 is 9.04 Å². The summed E-state index contributed by atoms with van der Waals surface area (Å²) in [4.78, 5) is 0.177. The van der Waals surface area contributed by atoms with E-state index in [-0.39, 0.29) is 17.4 Å². The molecule has 1 fully saturated rings. The predicted molar refractivity (Wildman–Crippen MR) is 143 cm³/mol. The van der Waals surface area contributed by atoms with E-state index in [2.05, 4.69) is 13.8 Å². The number of ether oxygens (including phenoxy) is 1. The highest BCUT2D eigenvalue weighted by Crippen LogP contribution is 2.35. The van der Waals surface area contributed by atoms with Crippen LogP contribution in [0.15, 0.2) is 47.4 Å². The van der Waals surface area contributed by atoms with E-state index in [1.165, 1.54) is 48.4 Å². The van der Waals surface area contributed by atoms with Crippen molar-refractivity contribution >= 4 is 15.7 Å². The van der Waals surface area contributed by atoms with E-state index >= 15 is 0 Å². The van der Waals surface area contributed by atoms with Crippen LogP contribution in [0.2, 0.25) is 0 Å². The Hall–Kier alpha value is -2.05. The van der Waals surface area contributed by atoms with Crippen LogP contribution in [0, 0.1) is 17.8 Å². The molecule has 1 saturated carbocycles. The minimum atomic E-state index is -3.80. The number of sulfonamides is 1. The third-order valence-electron chi connectivity index (χ3n) is 7.13. The van der Waals surface area contributed by atoms with Crippen LogP contribution in [0.3, 0.4) is 0 Å². The van der Waals surface area contributed by atoms with Gasteiger partial charge in [0.1, 0.15) is 5.75 Å².